The molecule has 1 aliphatic carbocycles. The van der Waals surface area contributed by atoms with Gasteiger partial charge in [-0.05, 0) is 0 Å². The van der Waals surface area contributed by atoms with Gasteiger partial charge in [0.2, 0.25) is 0 Å². The van der Waals surface area contributed by atoms with E-state index in [1.165, 1.54) is 11.1 Å². The first-order valence-electron chi connectivity index (χ1n) is 10.7. The van der Waals surface area contributed by atoms with Crippen LogP contribution in [0.5, 0.6) is 0 Å². The summed E-state index contributed by atoms with van der Waals surface area (Å²) in [7, 11) is 0. The Hall–Kier alpha value is -1.35. The number of anilines is 2. The van der Waals surface area contributed by atoms with Crippen LogP contribution < -0.4 is 14.3 Å². The number of alkyl halides is 3. The number of piperidine rings is 1. The van der Waals surface area contributed by atoms with Gasteiger partial charge in [0.25, 0.3) is 0 Å². The third-order valence-electron chi connectivity index (χ3n) is 5.95. The van der Waals surface area contributed by atoms with E-state index in [0.717, 1.165) is 50.7 Å². The van der Waals surface area contributed by atoms with E-state index >= 15 is 0 Å². The second-order valence-electron chi connectivity index (χ2n) is 9.47. The minimum atomic E-state index is -4.42. The molecule has 1 saturated carbocycles. The monoisotopic (exact) mass is 526 g/mol. The number of hydrogen-bond acceptors (Lipinski definition) is 4. The Balaban J connectivity index is 1.65. The number of benzene rings is 1. The van der Waals surface area contributed by atoms with E-state index in [1.54, 1.807) is 0 Å². The number of nitrogens with one attached hydrogen (secondary N) is 2. The maximum atomic E-state index is 13.5. The van der Waals surface area contributed by atoms with Gasteiger partial charge in [-0.25, -0.2) is 0 Å². The number of aromatic nitrogens is 2. The molecule has 0 amide bonds. The van der Waals surface area contributed by atoms with Gasteiger partial charge in [-0.15, -0.1) is 0 Å². The van der Waals surface area contributed by atoms with Crippen LogP contribution in [0.1, 0.15) is 54.2 Å². The Labute approximate surface area is 180 Å². The Bertz CT molecular complexity index is 914. The van der Waals surface area contributed by atoms with Gasteiger partial charge in [0.1, 0.15) is 0 Å². The molecule has 30 heavy (non-hydrogen) atoms. The van der Waals surface area contributed by atoms with Gasteiger partial charge in [0.05, 0.1) is 0 Å². The van der Waals surface area contributed by atoms with Gasteiger partial charge in [-0.1, -0.05) is 0 Å². The fourth-order valence-electron chi connectivity index (χ4n) is 4.18. The van der Waals surface area contributed by atoms with Gasteiger partial charge in [-0.2, -0.15) is 0 Å². The molecule has 8 heteroatoms. The van der Waals surface area contributed by atoms with Crippen LogP contribution in [0.2, 0.25) is 14.8 Å². The van der Waals surface area contributed by atoms with Crippen LogP contribution in [0.25, 0.3) is 0 Å². The fourth-order valence-corrected chi connectivity index (χ4v) is 8.33. The van der Waals surface area contributed by atoms with E-state index in [-0.39, 0.29) is 9.66 Å². The van der Waals surface area contributed by atoms with Crippen LogP contribution in [0.4, 0.5) is 24.8 Å². The maximum absolute atomic E-state index is 13.5. The Morgan fingerprint density at radius 2 is 1.73 bits per heavy atom. The Morgan fingerprint density at radius 1 is 1.03 bits per heavy atom. The van der Waals surface area contributed by atoms with Crippen molar-refractivity contribution < 1.29 is 13.2 Å². The van der Waals surface area contributed by atoms with Crippen molar-refractivity contribution in [3.63, 3.8) is 0 Å². The van der Waals surface area contributed by atoms with E-state index < -0.39 is 30.1 Å². The summed E-state index contributed by atoms with van der Waals surface area (Å²) in [6.45, 7) is 2.09. The molecule has 0 radical (unpaired) electrons. The molecule has 1 aromatic carbocycles. The summed E-state index contributed by atoms with van der Waals surface area (Å²) >= 11 is -3.11. The third kappa shape index (κ3) is 4.93. The summed E-state index contributed by atoms with van der Waals surface area (Å²) in [5, 5.41) is 6.65. The van der Waals surface area contributed by atoms with Gasteiger partial charge >= 0.3 is 180 Å². The first-order valence-corrected chi connectivity index (χ1v) is 20.7. The molecule has 0 atom stereocenters. The van der Waals surface area contributed by atoms with E-state index in [2.05, 4.69) is 38.8 Å². The zero-order chi connectivity index (χ0) is 21.5. The molecule has 2 aliphatic rings. The Kier molecular flexibility index (Phi) is 6.05. The number of halogens is 3. The van der Waals surface area contributed by atoms with Crippen molar-refractivity contribution in [3.05, 3.63) is 41.1 Å². The van der Waals surface area contributed by atoms with Crippen molar-refractivity contribution in [2.45, 2.75) is 58.5 Å². The second-order valence-corrected chi connectivity index (χ2v) is 23.7. The molecule has 4 nitrogen and oxygen atoms in total. The van der Waals surface area contributed by atoms with Crippen LogP contribution in [0.15, 0.2) is 24.4 Å². The first-order chi connectivity index (χ1) is 14.1. The van der Waals surface area contributed by atoms with Crippen LogP contribution in [-0.2, 0) is 6.18 Å². The fraction of sp³-hybridized carbons (Fsp3) is 0.545. The molecule has 2 fully saturated rings. The molecular weight excluding hydrogens is 496 g/mol. The summed E-state index contributed by atoms with van der Waals surface area (Å²) in [6.07, 6.45) is 1.12. The van der Waals surface area contributed by atoms with Crippen molar-refractivity contribution in [1.82, 2.24) is 15.3 Å². The Morgan fingerprint density at radius 3 is 2.33 bits per heavy atom. The van der Waals surface area contributed by atoms with E-state index in [9.17, 15) is 13.2 Å². The molecule has 2 aromatic rings. The normalized spacial score (nSPS) is 18.5. The molecule has 0 bridgehead atoms. The average Bonchev–Trinajstić information content (AvgIpc) is 3.53. The number of nitrogens with zero attached hydrogens (tertiary/aromatic N) is 2. The molecule has 0 unspecified atom stereocenters. The van der Waals surface area contributed by atoms with Crippen molar-refractivity contribution in [2.75, 3.05) is 18.4 Å². The second kappa shape index (κ2) is 8.30. The zero-order valence-electron chi connectivity index (χ0n) is 17.7. The number of hydrogen-bond donors (Lipinski definition) is 2. The molecule has 4 rings (SSSR count). The van der Waals surface area contributed by atoms with E-state index in [4.69, 9.17) is 0 Å². The standard InChI is InChI=1S/C19H20F3N4.3CH3.Sn/c20-19(21,22)15-10-24-18(25-11-15)26-17-4-3-14(9-16(17)13-1-2-13)12-5-7-23-8-6-12;;;;/h3-4,9-10,12-13,23H,1-2,5-8H2,(H,24,25,26);3*1H3;. The molecule has 162 valence electrons. The zero-order valence-corrected chi connectivity index (χ0v) is 20.6. The predicted octanol–water partition coefficient (Wildman–Crippen LogP) is 5.13. The first kappa shape index (κ1) is 21.9. The van der Waals surface area contributed by atoms with Crippen LogP contribution in [0, 0.1) is 0 Å². The van der Waals surface area contributed by atoms with Crippen molar-refractivity contribution >= 4 is 33.7 Å². The van der Waals surface area contributed by atoms with Crippen LogP contribution in [0.3, 0.4) is 0 Å². The summed E-state index contributed by atoms with van der Waals surface area (Å²) in [5.41, 5.74) is 2.85. The van der Waals surface area contributed by atoms with Crippen molar-refractivity contribution in [2.24, 2.45) is 0 Å². The topological polar surface area (TPSA) is 49.8 Å². The van der Waals surface area contributed by atoms with Gasteiger partial charge in [-0.3, -0.25) is 0 Å². The molecule has 1 aliphatic heterocycles. The summed E-state index contributed by atoms with van der Waals surface area (Å²) in [6, 6.07) is 6.51. The summed E-state index contributed by atoms with van der Waals surface area (Å²) < 4.78 is 40.6. The molecular formula is C22H29F3N4Sn. The predicted molar refractivity (Wildman–Crippen MR) is 117 cm³/mol. The van der Waals surface area contributed by atoms with Gasteiger partial charge < -0.3 is 0 Å². The average molecular weight is 525 g/mol. The van der Waals surface area contributed by atoms with Crippen molar-refractivity contribution in [3.8, 4) is 0 Å². The molecule has 2 heterocycles. The van der Waals surface area contributed by atoms with Crippen LogP contribution >= 0.6 is 0 Å². The number of rotatable bonds is 5. The SMILES string of the molecule is [CH3][Sn]([CH3])([CH3])[c]1nc(Nc2ccc(C3CCNCC3)cc2C2CC2)ncc1C(F)(F)F. The van der Waals surface area contributed by atoms with E-state index in [0.29, 0.717) is 11.8 Å². The quantitative estimate of drug-likeness (QED) is 0.532. The molecule has 2 N–H and O–H groups in total. The summed E-state index contributed by atoms with van der Waals surface area (Å²) in [4.78, 5) is 14.2. The van der Waals surface area contributed by atoms with Crippen LogP contribution in [-0.4, -0.2) is 41.4 Å². The summed E-state index contributed by atoms with van der Waals surface area (Å²) in [5.74, 6) is 1.35. The molecule has 1 saturated heterocycles. The minimum absolute atomic E-state index is 0.216. The molecule has 0 spiro atoms. The van der Waals surface area contributed by atoms with Crippen molar-refractivity contribution in [1.29, 1.82) is 0 Å². The molecule has 1 aromatic heterocycles. The van der Waals surface area contributed by atoms with E-state index in [1.807, 2.05) is 14.8 Å². The van der Waals surface area contributed by atoms with Gasteiger partial charge in [0, 0.05) is 0 Å². The third-order valence-corrected chi connectivity index (χ3v) is 11.1. The van der Waals surface area contributed by atoms with Gasteiger partial charge in [0.15, 0.2) is 0 Å².